The quantitative estimate of drug-likeness (QED) is 0.291. The lowest BCUT2D eigenvalue weighted by Gasteiger charge is -2.20. The minimum absolute atomic E-state index is 0.416. The monoisotopic (exact) mass is 452 g/mol. The third-order valence-electron chi connectivity index (χ3n) is 4.86. The maximum Gasteiger partial charge on any atom is 0.321 e. The van der Waals surface area contributed by atoms with Crippen LogP contribution in [0.5, 0.6) is 11.5 Å². The number of rotatable bonds is 7. The Bertz CT molecular complexity index is 1310. The molecule has 0 spiro atoms. The van der Waals surface area contributed by atoms with Gasteiger partial charge in [-0.25, -0.2) is 4.98 Å². The van der Waals surface area contributed by atoms with E-state index in [9.17, 15) is 4.79 Å². The standard InChI is InChI=1S/C27H20N2O3S/c30-25(27(31-21-12-6-2-7-13-21)32-22-14-8-3-9-15-22)28-20-16-17-24-23(18-20)29-26(33-24)19-10-4-1-5-11-19/h1-18,27H,(H,28,30). The number of fused-ring (bicyclic) bond motifs is 1. The van der Waals surface area contributed by atoms with Crippen molar-refractivity contribution in [2.24, 2.45) is 0 Å². The molecule has 1 heterocycles. The van der Waals surface area contributed by atoms with E-state index in [0.717, 1.165) is 20.8 Å². The Morgan fingerprint density at radius 2 is 1.33 bits per heavy atom. The van der Waals surface area contributed by atoms with Crippen LogP contribution in [0.3, 0.4) is 0 Å². The summed E-state index contributed by atoms with van der Waals surface area (Å²) in [5, 5.41) is 3.84. The molecule has 33 heavy (non-hydrogen) atoms. The maximum absolute atomic E-state index is 13.1. The molecule has 0 radical (unpaired) electrons. The summed E-state index contributed by atoms with van der Waals surface area (Å²) in [7, 11) is 0. The van der Waals surface area contributed by atoms with Gasteiger partial charge in [-0.2, -0.15) is 0 Å². The summed E-state index contributed by atoms with van der Waals surface area (Å²) in [5.74, 6) is 0.660. The van der Waals surface area contributed by atoms with Crippen molar-refractivity contribution in [1.29, 1.82) is 0 Å². The Labute approximate surface area is 195 Å². The van der Waals surface area contributed by atoms with Crippen molar-refractivity contribution in [3.05, 3.63) is 109 Å². The number of aromatic nitrogens is 1. The fraction of sp³-hybridized carbons (Fsp3) is 0.0370. The molecule has 0 aliphatic carbocycles. The van der Waals surface area contributed by atoms with Gasteiger partial charge in [-0.05, 0) is 42.5 Å². The van der Waals surface area contributed by atoms with Crippen LogP contribution in [0.4, 0.5) is 5.69 Å². The number of thiazole rings is 1. The molecule has 0 fully saturated rings. The highest BCUT2D eigenvalue weighted by Crippen LogP contribution is 2.31. The number of ether oxygens (including phenoxy) is 2. The average Bonchev–Trinajstić information content (AvgIpc) is 3.29. The highest BCUT2D eigenvalue weighted by atomic mass is 32.1. The van der Waals surface area contributed by atoms with Crippen LogP contribution in [0, 0.1) is 0 Å². The Morgan fingerprint density at radius 3 is 1.94 bits per heavy atom. The smallest absolute Gasteiger partial charge is 0.321 e. The van der Waals surface area contributed by atoms with Crippen molar-refractivity contribution in [2.45, 2.75) is 6.29 Å². The lowest BCUT2D eigenvalue weighted by molar-refractivity contribution is -0.134. The first-order valence-electron chi connectivity index (χ1n) is 10.4. The van der Waals surface area contributed by atoms with Gasteiger partial charge in [0.1, 0.15) is 16.5 Å². The highest BCUT2D eigenvalue weighted by molar-refractivity contribution is 7.21. The predicted octanol–water partition coefficient (Wildman–Crippen LogP) is 6.39. The van der Waals surface area contributed by atoms with Gasteiger partial charge >= 0.3 is 12.2 Å². The predicted molar refractivity (Wildman–Crippen MR) is 132 cm³/mol. The van der Waals surface area contributed by atoms with E-state index in [0.29, 0.717) is 17.2 Å². The third-order valence-corrected chi connectivity index (χ3v) is 5.95. The molecule has 6 heteroatoms. The molecule has 0 aliphatic rings. The van der Waals surface area contributed by atoms with Gasteiger partial charge < -0.3 is 14.8 Å². The number of para-hydroxylation sites is 2. The van der Waals surface area contributed by atoms with E-state index in [1.165, 1.54) is 0 Å². The number of carbonyl (C=O) groups excluding carboxylic acids is 1. The van der Waals surface area contributed by atoms with Crippen molar-refractivity contribution in [3.8, 4) is 22.1 Å². The first-order chi connectivity index (χ1) is 16.2. The average molecular weight is 453 g/mol. The second-order valence-corrected chi connectivity index (χ2v) is 8.28. The van der Waals surface area contributed by atoms with Crippen LogP contribution in [0.1, 0.15) is 0 Å². The summed E-state index contributed by atoms with van der Waals surface area (Å²) in [6, 6.07) is 34.0. The summed E-state index contributed by atoms with van der Waals surface area (Å²) in [5.41, 5.74) is 2.51. The van der Waals surface area contributed by atoms with Crippen LogP contribution in [0.15, 0.2) is 109 Å². The molecule has 5 nitrogen and oxygen atoms in total. The largest absolute Gasteiger partial charge is 0.446 e. The molecule has 1 amide bonds. The van der Waals surface area contributed by atoms with E-state index in [1.54, 1.807) is 35.6 Å². The van der Waals surface area contributed by atoms with E-state index in [4.69, 9.17) is 14.5 Å². The molecule has 0 saturated heterocycles. The minimum atomic E-state index is -1.17. The molecular weight excluding hydrogens is 432 g/mol. The summed E-state index contributed by atoms with van der Waals surface area (Å²) < 4.78 is 12.8. The molecule has 4 aromatic carbocycles. The Kier molecular flexibility index (Phi) is 5.99. The van der Waals surface area contributed by atoms with E-state index in [1.807, 2.05) is 84.9 Å². The number of benzene rings is 4. The van der Waals surface area contributed by atoms with Crippen LogP contribution in [-0.2, 0) is 4.79 Å². The zero-order valence-electron chi connectivity index (χ0n) is 17.5. The van der Waals surface area contributed by atoms with Gasteiger partial charge in [0.2, 0.25) is 0 Å². The zero-order valence-corrected chi connectivity index (χ0v) is 18.4. The SMILES string of the molecule is O=C(Nc1ccc2sc(-c3ccccc3)nc2c1)C(Oc1ccccc1)Oc1ccccc1. The lowest BCUT2D eigenvalue weighted by atomic mass is 10.2. The minimum Gasteiger partial charge on any atom is -0.446 e. The van der Waals surface area contributed by atoms with Gasteiger partial charge in [0, 0.05) is 11.3 Å². The van der Waals surface area contributed by atoms with Crippen molar-refractivity contribution >= 4 is 33.1 Å². The van der Waals surface area contributed by atoms with Gasteiger partial charge in [-0.15, -0.1) is 11.3 Å². The molecular formula is C27H20N2O3S. The normalized spacial score (nSPS) is 10.8. The molecule has 1 N–H and O–H groups in total. The number of nitrogens with one attached hydrogen (secondary N) is 1. The highest BCUT2D eigenvalue weighted by Gasteiger charge is 2.23. The number of amides is 1. The molecule has 162 valence electrons. The van der Waals surface area contributed by atoms with Crippen LogP contribution >= 0.6 is 11.3 Å². The van der Waals surface area contributed by atoms with E-state index >= 15 is 0 Å². The van der Waals surface area contributed by atoms with E-state index < -0.39 is 12.2 Å². The number of nitrogens with zero attached hydrogens (tertiary/aromatic N) is 1. The molecule has 5 rings (SSSR count). The van der Waals surface area contributed by atoms with Gasteiger partial charge in [-0.1, -0.05) is 66.7 Å². The fourth-order valence-electron chi connectivity index (χ4n) is 3.29. The van der Waals surface area contributed by atoms with Gasteiger partial charge in [0.25, 0.3) is 0 Å². The summed E-state index contributed by atoms with van der Waals surface area (Å²) in [6.45, 7) is 0. The van der Waals surface area contributed by atoms with E-state index in [2.05, 4.69) is 5.32 Å². The van der Waals surface area contributed by atoms with Gasteiger partial charge in [-0.3, -0.25) is 4.79 Å². The third kappa shape index (κ3) is 5.02. The lowest BCUT2D eigenvalue weighted by Crippen LogP contribution is -2.38. The Balaban J connectivity index is 1.37. The number of hydrogen-bond acceptors (Lipinski definition) is 5. The molecule has 0 unspecified atom stereocenters. The molecule has 0 saturated carbocycles. The van der Waals surface area contributed by atoms with Gasteiger partial charge in [0.05, 0.1) is 10.2 Å². The first-order valence-corrected chi connectivity index (χ1v) is 11.3. The van der Waals surface area contributed by atoms with Crippen LogP contribution in [0.25, 0.3) is 20.8 Å². The molecule has 5 aromatic rings. The van der Waals surface area contributed by atoms with Gasteiger partial charge in [0.15, 0.2) is 0 Å². The molecule has 0 atom stereocenters. The fourth-order valence-corrected chi connectivity index (χ4v) is 4.24. The van der Waals surface area contributed by atoms with Crippen molar-refractivity contribution in [1.82, 2.24) is 4.98 Å². The van der Waals surface area contributed by atoms with Crippen molar-refractivity contribution in [3.63, 3.8) is 0 Å². The Hall–Kier alpha value is -4.16. The van der Waals surface area contributed by atoms with Crippen molar-refractivity contribution in [2.75, 3.05) is 5.32 Å². The van der Waals surface area contributed by atoms with Crippen LogP contribution in [-0.4, -0.2) is 17.2 Å². The zero-order chi connectivity index (χ0) is 22.5. The molecule has 0 bridgehead atoms. The second-order valence-electron chi connectivity index (χ2n) is 7.25. The van der Waals surface area contributed by atoms with Crippen LogP contribution < -0.4 is 14.8 Å². The maximum atomic E-state index is 13.1. The van der Waals surface area contributed by atoms with Crippen LogP contribution in [0.2, 0.25) is 0 Å². The molecule has 0 aliphatic heterocycles. The molecule has 1 aromatic heterocycles. The first kappa shape index (κ1) is 20.7. The van der Waals surface area contributed by atoms with Crippen molar-refractivity contribution < 1.29 is 14.3 Å². The summed E-state index contributed by atoms with van der Waals surface area (Å²) >= 11 is 1.61. The van der Waals surface area contributed by atoms with E-state index in [-0.39, 0.29) is 0 Å². The Morgan fingerprint density at radius 1 is 0.758 bits per heavy atom. The number of carbonyl (C=O) groups is 1. The second kappa shape index (κ2) is 9.54. The number of hydrogen-bond donors (Lipinski definition) is 1. The summed E-state index contributed by atoms with van der Waals surface area (Å²) in [6.07, 6.45) is -1.17. The topological polar surface area (TPSA) is 60.5 Å². The number of anilines is 1. The summed E-state index contributed by atoms with van der Waals surface area (Å²) in [4.78, 5) is 17.8.